The van der Waals surface area contributed by atoms with Gasteiger partial charge < -0.3 is 19.1 Å². The summed E-state index contributed by atoms with van der Waals surface area (Å²) in [5.41, 5.74) is 0.931. The van der Waals surface area contributed by atoms with E-state index in [2.05, 4.69) is 15.9 Å². The zero-order chi connectivity index (χ0) is 21.1. The number of halogens is 4. The summed E-state index contributed by atoms with van der Waals surface area (Å²) in [6.07, 6.45) is -4.20. The van der Waals surface area contributed by atoms with E-state index in [-0.39, 0.29) is 12.0 Å². The number of ether oxygens (including phenoxy) is 3. The normalized spacial score (nSPS) is 20.2. The number of hydrogen-bond acceptors (Lipinski definition) is 4. The van der Waals surface area contributed by atoms with Crippen LogP contribution in [0, 0.1) is 5.41 Å². The molecule has 2 fully saturated rings. The third-order valence-corrected chi connectivity index (χ3v) is 6.34. The van der Waals surface area contributed by atoms with Crippen molar-refractivity contribution in [1.29, 1.82) is 0 Å². The van der Waals surface area contributed by atoms with Crippen molar-refractivity contribution in [2.75, 3.05) is 26.8 Å². The van der Waals surface area contributed by atoms with E-state index < -0.39 is 25.0 Å². The Bertz CT molecular complexity index is 682. The van der Waals surface area contributed by atoms with Gasteiger partial charge in [-0.2, -0.15) is 13.2 Å². The van der Waals surface area contributed by atoms with Gasteiger partial charge in [-0.25, -0.2) is 4.79 Å². The molecule has 1 aromatic rings. The van der Waals surface area contributed by atoms with E-state index in [9.17, 15) is 18.0 Å². The second kappa shape index (κ2) is 9.12. The summed E-state index contributed by atoms with van der Waals surface area (Å²) in [6.45, 7) is 0.0874. The standard InChI is InChI=1S/C20H25BrF3NO4/c1-27-16-4-2-14(3-5-16)12-28-13-17(20(22,23)24)29-18(26)25-8-6-19(7-9-25)10-15(21)11-19/h2-5,15,17H,6-13H2,1H3/t17-/m1/s1. The van der Waals surface area contributed by atoms with Crippen LogP contribution < -0.4 is 4.74 Å². The van der Waals surface area contributed by atoms with Gasteiger partial charge in [0.1, 0.15) is 5.75 Å². The van der Waals surface area contributed by atoms with Crippen LogP contribution >= 0.6 is 15.9 Å². The number of methoxy groups -OCH3 is 1. The summed E-state index contributed by atoms with van der Waals surface area (Å²) in [6, 6.07) is 6.80. The van der Waals surface area contributed by atoms with Crippen molar-refractivity contribution >= 4 is 22.0 Å². The molecule has 0 unspecified atom stereocenters. The Labute approximate surface area is 176 Å². The van der Waals surface area contributed by atoms with Crippen molar-refractivity contribution < 1.29 is 32.2 Å². The average Bonchev–Trinajstić information content (AvgIpc) is 2.66. The molecule has 0 N–H and O–H groups in total. The molecule has 0 bridgehead atoms. The summed E-state index contributed by atoms with van der Waals surface area (Å²) in [4.78, 5) is 14.1. The van der Waals surface area contributed by atoms with Gasteiger partial charge >= 0.3 is 12.3 Å². The minimum Gasteiger partial charge on any atom is -0.497 e. The number of alkyl halides is 4. The highest BCUT2D eigenvalue weighted by Crippen LogP contribution is 2.51. The number of piperidine rings is 1. The van der Waals surface area contributed by atoms with Gasteiger partial charge in [0, 0.05) is 17.9 Å². The van der Waals surface area contributed by atoms with Gasteiger partial charge in [-0.15, -0.1) is 0 Å². The molecular weight excluding hydrogens is 455 g/mol. The molecule has 1 aliphatic carbocycles. The summed E-state index contributed by atoms with van der Waals surface area (Å²) >= 11 is 3.57. The lowest BCUT2D eigenvalue weighted by Gasteiger charge is -2.50. The number of amides is 1. The maximum atomic E-state index is 13.3. The molecule has 2 aliphatic rings. The molecule has 5 nitrogen and oxygen atoms in total. The quantitative estimate of drug-likeness (QED) is 0.543. The van der Waals surface area contributed by atoms with Crippen molar-refractivity contribution in [3.8, 4) is 5.75 Å². The van der Waals surface area contributed by atoms with Gasteiger partial charge in [0.25, 0.3) is 0 Å². The smallest absolute Gasteiger partial charge is 0.427 e. The Morgan fingerprint density at radius 1 is 1.24 bits per heavy atom. The van der Waals surface area contributed by atoms with Crippen molar-refractivity contribution in [2.24, 2.45) is 5.41 Å². The molecule has 1 spiro atoms. The van der Waals surface area contributed by atoms with Crippen LogP contribution in [-0.4, -0.2) is 54.9 Å². The number of hydrogen-bond donors (Lipinski definition) is 0. The Kier molecular flexibility index (Phi) is 6.98. The molecular formula is C20H25BrF3NO4. The molecule has 3 rings (SSSR count). The zero-order valence-corrected chi connectivity index (χ0v) is 17.8. The van der Waals surface area contributed by atoms with Gasteiger partial charge in [-0.05, 0) is 48.8 Å². The van der Waals surface area contributed by atoms with Crippen LogP contribution in [0.3, 0.4) is 0 Å². The third-order valence-electron chi connectivity index (χ3n) is 5.70. The molecule has 1 saturated carbocycles. The van der Waals surface area contributed by atoms with E-state index >= 15 is 0 Å². The highest BCUT2D eigenvalue weighted by molar-refractivity contribution is 9.09. The molecule has 0 aromatic heterocycles. The fourth-order valence-electron chi connectivity index (χ4n) is 3.85. The maximum absolute atomic E-state index is 13.3. The van der Waals surface area contributed by atoms with Crippen LogP contribution in [0.5, 0.6) is 5.75 Å². The van der Waals surface area contributed by atoms with Crippen molar-refractivity contribution in [3.05, 3.63) is 29.8 Å². The predicted octanol–water partition coefficient (Wildman–Crippen LogP) is 4.92. The molecule has 162 valence electrons. The van der Waals surface area contributed by atoms with Crippen LogP contribution in [0.1, 0.15) is 31.2 Å². The molecule has 1 aliphatic heterocycles. The number of nitrogens with zero attached hydrogens (tertiary/aromatic N) is 1. The van der Waals surface area contributed by atoms with E-state index in [0.717, 1.165) is 25.7 Å². The van der Waals surface area contributed by atoms with Gasteiger partial charge in [-0.1, -0.05) is 28.1 Å². The van der Waals surface area contributed by atoms with E-state index in [4.69, 9.17) is 14.2 Å². The molecule has 9 heteroatoms. The first-order valence-corrected chi connectivity index (χ1v) is 10.5. The largest absolute Gasteiger partial charge is 0.497 e. The second-order valence-electron chi connectivity index (χ2n) is 7.77. The molecule has 1 atom stereocenters. The fourth-order valence-corrected chi connectivity index (χ4v) is 5.22. The van der Waals surface area contributed by atoms with Gasteiger partial charge in [-0.3, -0.25) is 0 Å². The summed E-state index contributed by atoms with van der Waals surface area (Å²) in [7, 11) is 1.53. The number of likely N-dealkylation sites (tertiary alicyclic amines) is 1. The summed E-state index contributed by atoms with van der Waals surface area (Å²) in [5, 5.41) is 0. The Morgan fingerprint density at radius 3 is 2.38 bits per heavy atom. The minimum atomic E-state index is -4.69. The molecule has 1 aromatic carbocycles. The lowest BCUT2D eigenvalue weighted by molar-refractivity contribution is -0.220. The third kappa shape index (κ3) is 5.78. The second-order valence-corrected chi connectivity index (χ2v) is 9.06. The lowest BCUT2D eigenvalue weighted by Crippen LogP contribution is -2.50. The van der Waals surface area contributed by atoms with E-state index in [1.165, 1.54) is 12.0 Å². The Balaban J connectivity index is 1.47. The first kappa shape index (κ1) is 22.2. The van der Waals surface area contributed by atoms with Gasteiger partial charge in [0.2, 0.25) is 6.10 Å². The highest BCUT2D eigenvalue weighted by Gasteiger charge is 2.47. The van der Waals surface area contributed by atoms with E-state index in [0.29, 0.717) is 29.2 Å². The van der Waals surface area contributed by atoms with Crippen molar-refractivity contribution in [3.63, 3.8) is 0 Å². The molecule has 29 heavy (non-hydrogen) atoms. The summed E-state index contributed by atoms with van der Waals surface area (Å²) < 4.78 is 54.9. The van der Waals surface area contributed by atoms with Crippen molar-refractivity contribution in [1.82, 2.24) is 4.90 Å². The van der Waals surface area contributed by atoms with E-state index in [1.54, 1.807) is 24.3 Å². The molecule has 1 amide bonds. The van der Waals surface area contributed by atoms with Crippen LogP contribution in [0.25, 0.3) is 0 Å². The molecule has 1 heterocycles. The molecule has 1 saturated heterocycles. The number of rotatable bonds is 6. The first-order chi connectivity index (χ1) is 13.7. The first-order valence-electron chi connectivity index (χ1n) is 9.58. The van der Waals surface area contributed by atoms with Crippen molar-refractivity contribution in [2.45, 2.75) is 49.4 Å². The topological polar surface area (TPSA) is 48.0 Å². The zero-order valence-electron chi connectivity index (χ0n) is 16.2. The summed E-state index contributed by atoms with van der Waals surface area (Å²) in [5.74, 6) is 0.646. The van der Waals surface area contributed by atoms with Crippen LogP contribution in [0.4, 0.5) is 18.0 Å². The lowest BCUT2D eigenvalue weighted by atomic mass is 9.63. The van der Waals surface area contributed by atoms with Gasteiger partial charge in [0.05, 0.1) is 20.3 Å². The average molecular weight is 480 g/mol. The Morgan fingerprint density at radius 2 is 1.86 bits per heavy atom. The Hall–Kier alpha value is -1.48. The minimum absolute atomic E-state index is 0.0198. The number of carbonyl (C=O) groups is 1. The SMILES string of the molecule is COc1ccc(COC[C@@H](OC(=O)N2CCC3(CC2)CC(Br)C3)C(F)(F)F)cc1. The van der Waals surface area contributed by atoms with Crippen LogP contribution in [-0.2, 0) is 16.1 Å². The van der Waals surface area contributed by atoms with Crippen LogP contribution in [0.2, 0.25) is 0 Å². The van der Waals surface area contributed by atoms with E-state index in [1.807, 2.05) is 0 Å². The van der Waals surface area contributed by atoms with Gasteiger partial charge in [0.15, 0.2) is 0 Å². The number of carbonyl (C=O) groups excluding carboxylic acids is 1. The maximum Gasteiger partial charge on any atom is 0.427 e. The number of benzene rings is 1. The fraction of sp³-hybridized carbons (Fsp3) is 0.650. The predicted molar refractivity (Wildman–Crippen MR) is 104 cm³/mol. The van der Waals surface area contributed by atoms with Crippen LogP contribution in [0.15, 0.2) is 24.3 Å². The highest BCUT2D eigenvalue weighted by atomic mass is 79.9. The molecule has 0 radical (unpaired) electrons. The monoisotopic (exact) mass is 479 g/mol.